The molecule has 1 unspecified atom stereocenters. The van der Waals surface area contributed by atoms with Gasteiger partial charge in [0.25, 0.3) is 0 Å². The van der Waals surface area contributed by atoms with Crippen molar-refractivity contribution in [3.63, 3.8) is 0 Å². The van der Waals surface area contributed by atoms with Crippen LogP contribution in [0.4, 0.5) is 5.82 Å². The van der Waals surface area contributed by atoms with E-state index in [1.807, 2.05) is 20.0 Å². The van der Waals surface area contributed by atoms with Gasteiger partial charge in [-0.15, -0.1) is 10.2 Å². The summed E-state index contributed by atoms with van der Waals surface area (Å²) in [6, 6.07) is 3.47. The first kappa shape index (κ1) is 12.3. The molecule has 0 aromatic carbocycles. The number of aromatic nitrogens is 4. The van der Waals surface area contributed by atoms with Crippen LogP contribution < -0.4 is 5.32 Å². The SMILES string of the molecule is CC(Nc1nccc(C#N)c1Cl)c1nncn1C. The van der Waals surface area contributed by atoms with Crippen LogP contribution in [-0.2, 0) is 7.05 Å². The van der Waals surface area contributed by atoms with E-state index in [9.17, 15) is 0 Å². The van der Waals surface area contributed by atoms with E-state index < -0.39 is 0 Å². The Hall–Kier alpha value is -2.13. The van der Waals surface area contributed by atoms with Crippen molar-refractivity contribution in [3.8, 4) is 6.07 Å². The van der Waals surface area contributed by atoms with Gasteiger partial charge in [-0.25, -0.2) is 4.98 Å². The van der Waals surface area contributed by atoms with E-state index in [0.717, 1.165) is 5.82 Å². The van der Waals surface area contributed by atoms with Gasteiger partial charge in [-0.1, -0.05) is 11.6 Å². The summed E-state index contributed by atoms with van der Waals surface area (Å²) < 4.78 is 1.81. The normalized spacial score (nSPS) is 11.9. The standard InChI is InChI=1S/C11H11ClN6/c1-7(11-17-15-6-18(11)2)16-10-9(12)8(5-13)3-4-14-10/h3-4,6-7H,1-2H3,(H,14,16). The second kappa shape index (κ2) is 5.02. The Morgan fingerprint density at radius 1 is 1.56 bits per heavy atom. The molecule has 6 nitrogen and oxygen atoms in total. The number of aryl methyl sites for hydroxylation is 1. The fourth-order valence-corrected chi connectivity index (χ4v) is 1.79. The van der Waals surface area contributed by atoms with Crippen LogP contribution in [-0.4, -0.2) is 19.7 Å². The highest BCUT2D eigenvalue weighted by Crippen LogP contribution is 2.25. The lowest BCUT2D eigenvalue weighted by Crippen LogP contribution is -2.13. The van der Waals surface area contributed by atoms with Gasteiger partial charge in [-0.05, 0) is 13.0 Å². The third-order valence-electron chi connectivity index (χ3n) is 2.50. The predicted molar refractivity (Wildman–Crippen MR) is 67.0 cm³/mol. The van der Waals surface area contributed by atoms with E-state index >= 15 is 0 Å². The first-order valence-electron chi connectivity index (χ1n) is 5.28. The lowest BCUT2D eigenvalue weighted by atomic mass is 10.2. The molecule has 0 aliphatic carbocycles. The minimum absolute atomic E-state index is 0.114. The van der Waals surface area contributed by atoms with Crippen LogP contribution in [0.5, 0.6) is 0 Å². The lowest BCUT2D eigenvalue weighted by molar-refractivity contribution is 0.716. The van der Waals surface area contributed by atoms with Gasteiger partial charge >= 0.3 is 0 Å². The zero-order chi connectivity index (χ0) is 13.1. The molecule has 0 aliphatic rings. The van der Waals surface area contributed by atoms with E-state index in [1.165, 1.54) is 6.20 Å². The van der Waals surface area contributed by atoms with Crippen LogP contribution in [0, 0.1) is 11.3 Å². The van der Waals surface area contributed by atoms with Crippen molar-refractivity contribution in [2.45, 2.75) is 13.0 Å². The van der Waals surface area contributed by atoms with Crippen LogP contribution in [0.2, 0.25) is 5.02 Å². The number of rotatable bonds is 3. The van der Waals surface area contributed by atoms with Crippen molar-refractivity contribution in [2.75, 3.05) is 5.32 Å². The third-order valence-corrected chi connectivity index (χ3v) is 2.88. The summed E-state index contributed by atoms with van der Waals surface area (Å²) in [6.07, 6.45) is 3.16. The molecule has 92 valence electrons. The molecule has 0 spiro atoms. The smallest absolute Gasteiger partial charge is 0.154 e. The van der Waals surface area contributed by atoms with Crippen LogP contribution in [0.25, 0.3) is 0 Å². The monoisotopic (exact) mass is 262 g/mol. The number of nitrogens with zero attached hydrogens (tertiary/aromatic N) is 5. The molecule has 7 heteroatoms. The van der Waals surface area contributed by atoms with Crippen molar-refractivity contribution in [1.82, 2.24) is 19.7 Å². The van der Waals surface area contributed by atoms with Crippen molar-refractivity contribution >= 4 is 17.4 Å². The molecular weight excluding hydrogens is 252 g/mol. The van der Waals surface area contributed by atoms with Gasteiger partial charge < -0.3 is 9.88 Å². The van der Waals surface area contributed by atoms with Gasteiger partial charge in [-0.3, -0.25) is 0 Å². The summed E-state index contributed by atoms with van der Waals surface area (Å²) in [5.41, 5.74) is 0.388. The molecular formula is C11H11ClN6. The van der Waals surface area contributed by atoms with Crippen LogP contribution in [0.1, 0.15) is 24.4 Å². The summed E-state index contributed by atoms with van der Waals surface area (Å²) >= 11 is 6.06. The molecule has 0 saturated heterocycles. The highest BCUT2D eigenvalue weighted by Gasteiger charge is 2.14. The molecule has 2 aromatic rings. The third kappa shape index (κ3) is 2.26. The Morgan fingerprint density at radius 2 is 2.33 bits per heavy atom. The lowest BCUT2D eigenvalue weighted by Gasteiger charge is -2.14. The fourth-order valence-electron chi connectivity index (χ4n) is 1.58. The molecule has 18 heavy (non-hydrogen) atoms. The largest absolute Gasteiger partial charge is 0.359 e. The van der Waals surface area contributed by atoms with Gasteiger partial charge in [0.2, 0.25) is 0 Å². The zero-order valence-corrected chi connectivity index (χ0v) is 10.7. The average Bonchev–Trinajstić information content (AvgIpc) is 2.78. The van der Waals surface area contributed by atoms with Crippen molar-refractivity contribution in [3.05, 3.63) is 35.0 Å². The van der Waals surface area contributed by atoms with Gasteiger partial charge in [0.1, 0.15) is 23.2 Å². The molecule has 0 aliphatic heterocycles. The number of hydrogen-bond acceptors (Lipinski definition) is 5. The quantitative estimate of drug-likeness (QED) is 0.914. The van der Waals surface area contributed by atoms with E-state index in [1.54, 1.807) is 17.0 Å². The first-order valence-corrected chi connectivity index (χ1v) is 5.66. The molecule has 2 rings (SSSR count). The van der Waals surface area contributed by atoms with E-state index in [4.69, 9.17) is 16.9 Å². The van der Waals surface area contributed by atoms with E-state index in [-0.39, 0.29) is 6.04 Å². The molecule has 2 heterocycles. The van der Waals surface area contributed by atoms with Crippen molar-refractivity contribution < 1.29 is 0 Å². The Bertz CT molecular complexity index is 600. The summed E-state index contributed by atoms with van der Waals surface area (Å²) in [5, 5.41) is 20.1. The first-order chi connectivity index (χ1) is 8.63. The second-order valence-electron chi connectivity index (χ2n) is 3.80. The highest BCUT2D eigenvalue weighted by atomic mass is 35.5. The number of nitrogens with one attached hydrogen (secondary N) is 1. The topological polar surface area (TPSA) is 79.4 Å². The zero-order valence-electron chi connectivity index (χ0n) is 9.92. The van der Waals surface area contributed by atoms with Gasteiger partial charge in [-0.2, -0.15) is 5.26 Å². The molecule has 0 bridgehead atoms. The van der Waals surface area contributed by atoms with E-state index in [2.05, 4.69) is 20.5 Å². The van der Waals surface area contributed by atoms with Crippen molar-refractivity contribution in [2.24, 2.45) is 7.05 Å². The summed E-state index contributed by atoms with van der Waals surface area (Å²) in [5.74, 6) is 1.22. The Morgan fingerprint density at radius 3 is 2.94 bits per heavy atom. The highest BCUT2D eigenvalue weighted by molar-refractivity contribution is 6.34. The molecule has 2 aromatic heterocycles. The number of anilines is 1. The number of halogens is 1. The number of hydrogen-bond donors (Lipinski definition) is 1. The molecule has 0 saturated carbocycles. The maximum Gasteiger partial charge on any atom is 0.154 e. The fraction of sp³-hybridized carbons (Fsp3) is 0.273. The van der Waals surface area contributed by atoms with E-state index in [0.29, 0.717) is 16.4 Å². The van der Waals surface area contributed by atoms with Crippen LogP contribution >= 0.6 is 11.6 Å². The Kier molecular flexibility index (Phi) is 3.44. The Labute approximate surface area is 109 Å². The molecule has 0 radical (unpaired) electrons. The maximum atomic E-state index is 8.89. The van der Waals surface area contributed by atoms with Gasteiger partial charge in [0, 0.05) is 13.2 Å². The molecule has 0 amide bonds. The average molecular weight is 263 g/mol. The second-order valence-corrected chi connectivity index (χ2v) is 4.18. The predicted octanol–water partition coefficient (Wildman–Crippen LogP) is 1.91. The maximum absolute atomic E-state index is 8.89. The molecule has 1 atom stereocenters. The van der Waals surface area contributed by atoms with Gasteiger partial charge in [0.15, 0.2) is 5.82 Å². The number of nitriles is 1. The summed E-state index contributed by atoms with van der Waals surface area (Å²) in [4.78, 5) is 4.11. The summed E-state index contributed by atoms with van der Waals surface area (Å²) in [6.45, 7) is 1.92. The molecule has 1 N–H and O–H groups in total. The van der Waals surface area contributed by atoms with Crippen LogP contribution in [0.3, 0.4) is 0 Å². The minimum atomic E-state index is -0.114. The minimum Gasteiger partial charge on any atom is -0.359 e. The molecule has 0 fully saturated rings. The summed E-state index contributed by atoms with van der Waals surface area (Å²) in [7, 11) is 1.86. The van der Waals surface area contributed by atoms with Crippen LogP contribution in [0.15, 0.2) is 18.6 Å². The number of pyridine rings is 1. The Balaban J connectivity index is 2.25. The van der Waals surface area contributed by atoms with Crippen molar-refractivity contribution in [1.29, 1.82) is 5.26 Å². The van der Waals surface area contributed by atoms with Gasteiger partial charge in [0.05, 0.1) is 11.6 Å².